The van der Waals surface area contributed by atoms with Crippen LogP contribution in [0.2, 0.25) is 10.0 Å². The Hall–Kier alpha value is -3.69. The molecule has 0 spiro atoms. The van der Waals surface area contributed by atoms with E-state index in [1.165, 1.54) is 30.5 Å². The fourth-order valence-corrected chi connectivity index (χ4v) is 3.95. The van der Waals surface area contributed by atoms with Gasteiger partial charge in [0.05, 0.1) is 21.7 Å². The van der Waals surface area contributed by atoms with Crippen LogP contribution in [-0.4, -0.2) is 29.0 Å². The zero-order chi connectivity index (χ0) is 26.4. The number of nitro groups is 1. The van der Waals surface area contributed by atoms with E-state index in [9.17, 15) is 19.7 Å². The second-order valence-corrected chi connectivity index (χ2v) is 9.32. The van der Waals surface area contributed by atoms with Gasteiger partial charge in [-0.1, -0.05) is 37.0 Å². The summed E-state index contributed by atoms with van der Waals surface area (Å²) in [6.45, 7) is 5.60. The van der Waals surface area contributed by atoms with Gasteiger partial charge in [0.15, 0.2) is 0 Å². The molecule has 1 atom stereocenters. The minimum Gasteiger partial charge on any atom is -0.455 e. The first-order valence-electron chi connectivity index (χ1n) is 11.0. The van der Waals surface area contributed by atoms with Crippen molar-refractivity contribution >= 4 is 46.9 Å². The van der Waals surface area contributed by atoms with Crippen molar-refractivity contribution in [1.29, 1.82) is 0 Å². The third-order valence-electron chi connectivity index (χ3n) is 5.18. The van der Waals surface area contributed by atoms with Gasteiger partial charge < -0.3 is 9.73 Å². The van der Waals surface area contributed by atoms with Gasteiger partial charge in [-0.25, -0.2) is 5.43 Å². The maximum absolute atomic E-state index is 12.8. The number of nitrogens with zero attached hydrogens (tertiary/aromatic N) is 2. The summed E-state index contributed by atoms with van der Waals surface area (Å²) in [5.74, 6) is -0.0318. The first-order valence-corrected chi connectivity index (χ1v) is 11.7. The highest BCUT2D eigenvalue weighted by Crippen LogP contribution is 2.28. The molecule has 2 N–H and O–H groups in total. The van der Waals surface area contributed by atoms with Crippen molar-refractivity contribution in [1.82, 2.24) is 10.7 Å². The monoisotopic (exact) mass is 530 g/mol. The van der Waals surface area contributed by atoms with Gasteiger partial charge in [-0.05, 0) is 61.2 Å². The molecule has 0 aliphatic carbocycles. The Balaban J connectivity index is 1.67. The lowest BCUT2D eigenvalue weighted by Gasteiger charge is -2.19. The third kappa shape index (κ3) is 6.93. The summed E-state index contributed by atoms with van der Waals surface area (Å²) in [6, 6.07) is 11.5. The first kappa shape index (κ1) is 26.9. The average molecular weight is 531 g/mol. The molecule has 0 unspecified atom stereocenters. The van der Waals surface area contributed by atoms with Crippen LogP contribution < -0.4 is 10.7 Å². The lowest BCUT2D eigenvalue weighted by Crippen LogP contribution is -2.46. The van der Waals surface area contributed by atoms with Gasteiger partial charge in [-0.3, -0.25) is 19.7 Å². The van der Waals surface area contributed by atoms with Crippen LogP contribution in [0.1, 0.15) is 41.9 Å². The lowest BCUT2D eigenvalue weighted by atomic mass is 10.0. The molecule has 0 aliphatic heterocycles. The smallest absolute Gasteiger partial charge is 0.269 e. The topological polar surface area (TPSA) is 127 Å². The highest BCUT2D eigenvalue weighted by Gasteiger charge is 2.23. The molecule has 2 amide bonds. The molecule has 3 rings (SSSR count). The van der Waals surface area contributed by atoms with Gasteiger partial charge in [0, 0.05) is 22.7 Å². The van der Waals surface area contributed by atoms with Crippen molar-refractivity contribution < 1.29 is 18.9 Å². The second-order valence-electron chi connectivity index (χ2n) is 8.47. The van der Waals surface area contributed by atoms with Crippen LogP contribution in [0.3, 0.4) is 0 Å². The van der Waals surface area contributed by atoms with Gasteiger partial charge in [0.1, 0.15) is 17.6 Å². The number of nitro benzene ring substituents is 1. The van der Waals surface area contributed by atoms with E-state index in [4.69, 9.17) is 27.6 Å². The number of amides is 2. The number of carbonyl (C=O) groups is 2. The minimum absolute atomic E-state index is 0.00585. The maximum Gasteiger partial charge on any atom is 0.269 e. The predicted octanol–water partition coefficient (Wildman–Crippen LogP) is 5.76. The number of benzene rings is 2. The van der Waals surface area contributed by atoms with Crippen molar-refractivity contribution in [3.05, 3.63) is 85.6 Å². The molecule has 2 aromatic carbocycles. The zero-order valence-electron chi connectivity index (χ0n) is 19.7. The third-order valence-corrected chi connectivity index (χ3v) is 5.73. The number of aryl methyl sites for hydroxylation is 1. The van der Waals surface area contributed by atoms with E-state index >= 15 is 0 Å². The molecule has 0 saturated carbocycles. The van der Waals surface area contributed by atoms with E-state index in [0.29, 0.717) is 34.1 Å². The Morgan fingerprint density at radius 2 is 1.89 bits per heavy atom. The van der Waals surface area contributed by atoms with Gasteiger partial charge in [-0.2, -0.15) is 5.10 Å². The Kier molecular flexibility index (Phi) is 8.84. The Bertz CT molecular complexity index is 1320. The maximum atomic E-state index is 12.8. The molecule has 0 saturated heterocycles. The number of hydrazone groups is 1. The fourth-order valence-electron chi connectivity index (χ4n) is 3.45. The van der Waals surface area contributed by atoms with Gasteiger partial charge >= 0.3 is 0 Å². The van der Waals surface area contributed by atoms with E-state index in [-0.39, 0.29) is 22.2 Å². The van der Waals surface area contributed by atoms with E-state index in [1.54, 1.807) is 31.2 Å². The quantitative estimate of drug-likeness (QED) is 0.206. The number of carbonyl (C=O) groups excluding carboxylic acids is 2. The summed E-state index contributed by atoms with van der Waals surface area (Å²) in [4.78, 5) is 35.9. The average Bonchev–Trinajstić information content (AvgIpc) is 3.26. The van der Waals surface area contributed by atoms with E-state index in [1.807, 2.05) is 13.8 Å². The number of hydrogen-bond acceptors (Lipinski definition) is 6. The molecule has 0 fully saturated rings. The molecular weight excluding hydrogens is 507 g/mol. The minimum atomic E-state index is -0.851. The standard InChI is InChI=1S/C25H24Cl2N4O5/c1-14(2)10-22(29-24(32)20-7-4-16(26)12-21(20)27)25(33)30-28-13-18-6-9-23(36-18)19-8-5-17(31(34)35)11-15(19)3/h4-9,11-14,22H,10H2,1-3H3,(H,29,32)(H,30,33)/b28-13+/t22-/m1/s1. The number of non-ortho nitro benzene ring substituents is 1. The molecule has 0 bridgehead atoms. The summed E-state index contributed by atoms with van der Waals surface area (Å²) < 4.78 is 5.74. The SMILES string of the molecule is Cc1cc([N+](=O)[O-])ccc1-c1ccc(/C=N/NC(=O)[C@@H](CC(C)C)NC(=O)c2ccc(Cl)cc2Cl)o1. The van der Waals surface area contributed by atoms with Crippen molar-refractivity contribution in [2.75, 3.05) is 0 Å². The van der Waals surface area contributed by atoms with Crippen LogP contribution in [0.15, 0.2) is 58.0 Å². The zero-order valence-corrected chi connectivity index (χ0v) is 21.3. The molecule has 0 radical (unpaired) electrons. The lowest BCUT2D eigenvalue weighted by molar-refractivity contribution is -0.384. The van der Waals surface area contributed by atoms with Crippen molar-refractivity contribution in [3.63, 3.8) is 0 Å². The van der Waals surface area contributed by atoms with Crippen LogP contribution in [0, 0.1) is 23.0 Å². The number of furan rings is 1. The van der Waals surface area contributed by atoms with E-state index in [2.05, 4.69) is 15.8 Å². The molecule has 0 aliphatic rings. The number of rotatable bonds is 9. The molecule has 188 valence electrons. The van der Waals surface area contributed by atoms with Crippen LogP contribution >= 0.6 is 23.2 Å². The molecule has 1 aromatic heterocycles. The summed E-state index contributed by atoms with van der Waals surface area (Å²) in [5.41, 5.74) is 4.01. The molecular formula is C25H24Cl2N4O5. The van der Waals surface area contributed by atoms with E-state index in [0.717, 1.165) is 0 Å². The predicted molar refractivity (Wildman–Crippen MR) is 138 cm³/mol. The van der Waals surface area contributed by atoms with Gasteiger partial charge in [-0.15, -0.1) is 0 Å². The molecule has 36 heavy (non-hydrogen) atoms. The van der Waals surface area contributed by atoms with Crippen molar-refractivity contribution in [3.8, 4) is 11.3 Å². The van der Waals surface area contributed by atoms with Crippen LogP contribution in [0.25, 0.3) is 11.3 Å². The van der Waals surface area contributed by atoms with Crippen LogP contribution in [-0.2, 0) is 4.79 Å². The van der Waals surface area contributed by atoms with Crippen LogP contribution in [0.4, 0.5) is 5.69 Å². The number of nitrogens with one attached hydrogen (secondary N) is 2. The van der Waals surface area contributed by atoms with Gasteiger partial charge in [0.25, 0.3) is 17.5 Å². The summed E-state index contributed by atoms with van der Waals surface area (Å²) >= 11 is 12.0. The molecule has 3 aromatic rings. The Labute approximate surface area is 217 Å². The van der Waals surface area contributed by atoms with E-state index < -0.39 is 22.8 Å². The number of halogens is 2. The van der Waals surface area contributed by atoms with Crippen LogP contribution in [0.5, 0.6) is 0 Å². The Morgan fingerprint density at radius 1 is 1.14 bits per heavy atom. The normalized spacial score (nSPS) is 12.1. The highest BCUT2D eigenvalue weighted by atomic mass is 35.5. The summed E-state index contributed by atoms with van der Waals surface area (Å²) in [5, 5.41) is 18.2. The van der Waals surface area contributed by atoms with Crippen molar-refractivity contribution in [2.24, 2.45) is 11.0 Å². The highest BCUT2D eigenvalue weighted by molar-refractivity contribution is 6.36. The largest absolute Gasteiger partial charge is 0.455 e. The molecule has 1 heterocycles. The Morgan fingerprint density at radius 3 is 2.53 bits per heavy atom. The molecule has 9 nitrogen and oxygen atoms in total. The fraction of sp³-hybridized carbons (Fsp3) is 0.240. The summed E-state index contributed by atoms with van der Waals surface area (Å²) in [6.07, 6.45) is 1.70. The number of hydrogen-bond donors (Lipinski definition) is 2. The first-order chi connectivity index (χ1) is 17.0. The summed E-state index contributed by atoms with van der Waals surface area (Å²) in [7, 11) is 0. The molecule has 11 heteroatoms. The van der Waals surface area contributed by atoms with Crippen molar-refractivity contribution in [2.45, 2.75) is 33.2 Å². The second kappa shape index (κ2) is 11.8. The van der Waals surface area contributed by atoms with Gasteiger partial charge in [0.2, 0.25) is 0 Å².